The number of rotatable bonds is 3. The van der Waals surface area contributed by atoms with Crippen LogP contribution in [0.25, 0.3) is 0 Å². The van der Waals surface area contributed by atoms with Crippen LogP contribution in [0.4, 0.5) is 5.69 Å². The van der Waals surface area contributed by atoms with Gasteiger partial charge in [0.15, 0.2) is 0 Å². The van der Waals surface area contributed by atoms with Crippen LogP contribution >= 0.6 is 15.9 Å². The van der Waals surface area contributed by atoms with Gasteiger partial charge in [-0.2, -0.15) is 5.26 Å². The summed E-state index contributed by atoms with van der Waals surface area (Å²) in [5, 5.41) is 8.94. The summed E-state index contributed by atoms with van der Waals surface area (Å²) in [5.74, 6) is 0.827. The number of nitrogen functional groups attached to an aromatic ring is 1. The van der Waals surface area contributed by atoms with Gasteiger partial charge in [0.2, 0.25) is 0 Å². The third-order valence-electron chi connectivity index (χ3n) is 3.04. The summed E-state index contributed by atoms with van der Waals surface area (Å²) in [6.07, 6.45) is 0. The summed E-state index contributed by atoms with van der Waals surface area (Å²) in [4.78, 5) is 0. The molecule has 0 bridgehead atoms. The lowest BCUT2D eigenvalue weighted by atomic mass is 10.1. The van der Waals surface area contributed by atoms with E-state index in [2.05, 4.69) is 22.0 Å². The first-order valence-electron chi connectivity index (χ1n) is 6.19. The second kappa shape index (κ2) is 5.98. The Kier molecular flexibility index (Phi) is 4.31. The van der Waals surface area contributed by atoms with Gasteiger partial charge in [-0.1, -0.05) is 22.0 Å². The van der Waals surface area contributed by atoms with Crippen LogP contribution in [0.5, 0.6) is 5.75 Å². The van der Waals surface area contributed by atoms with E-state index in [-0.39, 0.29) is 0 Å². The number of nitriles is 1. The maximum absolute atomic E-state index is 8.94. The lowest BCUT2D eigenvalue weighted by Gasteiger charge is -2.13. The largest absolute Gasteiger partial charge is 0.488 e. The van der Waals surface area contributed by atoms with Crippen molar-refractivity contribution in [1.82, 2.24) is 0 Å². The molecule has 0 saturated heterocycles. The van der Waals surface area contributed by atoms with Crippen LogP contribution in [0, 0.1) is 25.2 Å². The third-order valence-corrected chi connectivity index (χ3v) is 3.78. The molecule has 0 aliphatic carbocycles. The van der Waals surface area contributed by atoms with E-state index in [1.54, 1.807) is 0 Å². The fourth-order valence-electron chi connectivity index (χ4n) is 2.07. The fraction of sp³-hybridized carbons (Fsp3) is 0.188. The van der Waals surface area contributed by atoms with Crippen LogP contribution in [-0.4, -0.2) is 0 Å². The van der Waals surface area contributed by atoms with Crippen molar-refractivity contribution in [3.8, 4) is 11.8 Å². The topological polar surface area (TPSA) is 59.0 Å². The maximum Gasteiger partial charge on any atom is 0.125 e. The van der Waals surface area contributed by atoms with Gasteiger partial charge in [-0.3, -0.25) is 0 Å². The Morgan fingerprint density at radius 3 is 2.40 bits per heavy atom. The number of benzene rings is 2. The van der Waals surface area contributed by atoms with Crippen molar-refractivity contribution in [2.45, 2.75) is 20.5 Å². The van der Waals surface area contributed by atoms with Gasteiger partial charge < -0.3 is 10.5 Å². The molecular formula is C16H15BrN2O. The van der Waals surface area contributed by atoms with Gasteiger partial charge in [-0.05, 0) is 49.2 Å². The van der Waals surface area contributed by atoms with E-state index in [1.807, 2.05) is 44.2 Å². The van der Waals surface area contributed by atoms with Crippen molar-refractivity contribution < 1.29 is 4.74 Å². The molecule has 2 N–H and O–H groups in total. The van der Waals surface area contributed by atoms with Crippen molar-refractivity contribution in [2.24, 2.45) is 0 Å². The van der Waals surface area contributed by atoms with Gasteiger partial charge in [0.25, 0.3) is 0 Å². The molecule has 0 unspecified atom stereocenters. The zero-order valence-corrected chi connectivity index (χ0v) is 13.0. The molecule has 2 aromatic carbocycles. The minimum atomic E-state index is 0.453. The zero-order chi connectivity index (χ0) is 14.7. The number of ether oxygens (including phenoxy) is 1. The van der Waals surface area contributed by atoms with E-state index in [1.165, 1.54) is 0 Å². The van der Waals surface area contributed by atoms with Gasteiger partial charge in [0.1, 0.15) is 12.4 Å². The molecule has 0 fully saturated rings. The fourth-order valence-corrected chi connectivity index (χ4v) is 2.58. The number of hydrogen-bond acceptors (Lipinski definition) is 3. The molecule has 0 radical (unpaired) electrons. The molecule has 102 valence electrons. The molecule has 2 rings (SSSR count). The van der Waals surface area contributed by atoms with Gasteiger partial charge in [0.05, 0.1) is 11.6 Å². The standard InChI is InChI=1S/C16H15BrN2O/c1-10-5-12(8-18)6-11(2)16(10)20-9-13-3-4-14(19)7-15(13)17/h3-7H,9,19H2,1-2H3. The van der Waals surface area contributed by atoms with Crippen LogP contribution in [0.2, 0.25) is 0 Å². The molecule has 0 saturated carbocycles. The Hall–Kier alpha value is -1.99. The number of aryl methyl sites for hydroxylation is 2. The molecule has 0 aromatic heterocycles. The van der Waals surface area contributed by atoms with Gasteiger partial charge in [-0.15, -0.1) is 0 Å². The summed E-state index contributed by atoms with van der Waals surface area (Å²) >= 11 is 3.48. The average Bonchev–Trinajstić information content (AvgIpc) is 2.39. The van der Waals surface area contributed by atoms with Crippen molar-refractivity contribution >= 4 is 21.6 Å². The predicted octanol–water partition coefficient (Wildman–Crippen LogP) is 4.10. The second-order valence-corrected chi connectivity index (χ2v) is 5.54. The van der Waals surface area contributed by atoms with Crippen molar-refractivity contribution in [1.29, 1.82) is 5.26 Å². The van der Waals surface area contributed by atoms with Crippen molar-refractivity contribution in [3.05, 3.63) is 57.1 Å². The normalized spacial score (nSPS) is 10.1. The highest BCUT2D eigenvalue weighted by Crippen LogP contribution is 2.27. The van der Waals surface area contributed by atoms with E-state index in [0.717, 1.165) is 26.9 Å². The van der Waals surface area contributed by atoms with Gasteiger partial charge in [0, 0.05) is 15.7 Å². The molecule has 2 aromatic rings. The lowest BCUT2D eigenvalue weighted by molar-refractivity contribution is 0.301. The summed E-state index contributed by atoms with van der Waals surface area (Å²) in [7, 11) is 0. The Bertz CT molecular complexity index is 666. The summed E-state index contributed by atoms with van der Waals surface area (Å²) in [6, 6.07) is 11.5. The van der Waals surface area contributed by atoms with Crippen LogP contribution in [0.3, 0.4) is 0 Å². The number of nitrogens with two attached hydrogens (primary N) is 1. The number of anilines is 1. The first-order valence-corrected chi connectivity index (χ1v) is 6.98. The molecule has 0 heterocycles. The second-order valence-electron chi connectivity index (χ2n) is 4.69. The first kappa shape index (κ1) is 14.4. The highest BCUT2D eigenvalue weighted by atomic mass is 79.9. The molecule has 0 atom stereocenters. The third kappa shape index (κ3) is 3.12. The molecule has 4 heteroatoms. The van der Waals surface area contributed by atoms with E-state index in [0.29, 0.717) is 17.9 Å². The summed E-state index contributed by atoms with van der Waals surface area (Å²) in [6.45, 7) is 4.34. The summed E-state index contributed by atoms with van der Waals surface area (Å²) < 4.78 is 6.83. The van der Waals surface area contributed by atoms with E-state index in [9.17, 15) is 0 Å². The average molecular weight is 331 g/mol. The quantitative estimate of drug-likeness (QED) is 0.862. The lowest BCUT2D eigenvalue weighted by Crippen LogP contribution is -2.01. The monoisotopic (exact) mass is 330 g/mol. The van der Waals surface area contributed by atoms with E-state index >= 15 is 0 Å². The first-order chi connectivity index (χ1) is 9.51. The highest BCUT2D eigenvalue weighted by molar-refractivity contribution is 9.10. The Morgan fingerprint density at radius 1 is 1.20 bits per heavy atom. The maximum atomic E-state index is 8.94. The molecule has 0 amide bonds. The smallest absolute Gasteiger partial charge is 0.125 e. The highest BCUT2D eigenvalue weighted by Gasteiger charge is 2.08. The SMILES string of the molecule is Cc1cc(C#N)cc(C)c1OCc1ccc(N)cc1Br. The van der Waals surface area contributed by atoms with Gasteiger partial charge in [-0.25, -0.2) is 0 Å². The predicted molar refractivity (Wildman–Crippen MR) is 83.5 cm³/mol. The summed E-state index contributed by atoms with van der Waals surface area (Å²) in [5.41, 5.74) is 10.0. The van der Waals surface area contributed by atoms with E-state index in [4.69, 9.17) is 15.7 Å². The number of nitrogens with zero attached hydrogens (tertiary/aromatic N) is 1. The van der Waals surface area contributed by atoms with Gasteiger partial charge >= 0.3 is 0 Å². The Labute approximate surface area is 127 Å². The van der Waals surface area contributed by atoms with Crippen LogP contribution in [-0.2, 0) is 6.61 Å². The number of hydrogen-bond donors (Lipinski definition) is 1. The molecule has 20 heavy (non-hydrogen) atoms. The van der Waals surface area contributed by atoms with Crippen molar-refractivity contribution in [2.75, 3.05) is 5.73 Å². The Balaban J connectivity index is 2.21. The minimum absolute atomic E-state index is 0.453. The van der Waals surface area contributed by atoms with Crippen molar-refractivity contribution in [3.63, 3.8) is 0 Å². The molecule has 0 aliphatic rings. The van der Waals surface area contributed by atoms with Crippen LogP contribution in [0.1, 0.15) is 22.3 Å². The molecule has 0 spiro atoms. The molecule has 3 nitrogen and oxygen atoms in total. The number of halogens is 1. The minimum Gasteiger partial charge on any atom is -0.488 e. The van der Waals surface area contributed by atoms with Crippen LogP contribution in [0.15, 0.2) is 34.8 Å². The van der Waals surface area contributed by atoms with Crippen LogP contribution < -0.4 is 10.5 Å². The van der Waals surface area contributed by atoms with E-state index < -0.39 is 0 Å². The zero-order valence-electron chi connectivity index (χ0n) is 11.4. The Morgan fingerprint density at radius 2 is 1.85 bits per heavy atom. The molecular weight excluding hydrogens is 316 g/mol. The molecule has 0 aliphatic heterocycles.